The lowest BCUT2D eigenvalue weighted by Crippen LogP contribution is -2.65. The number of nitrogens with zero attached hydrogens (tertiary/aromatic N) is 1. The largest absolute Gasteiger partial charge is 0.480 e. The summed E-state index contributed by atoms with van der Waals surface area (Å²) in [5.41, 5.74) is 0.504. The lowest BCUT2D eigenvalue weighted by atomic mass is 9.82. The molecule has 0 saturated carbocycles. The lowest BCUT2D eigenvalue weighted by Gasteiger charge is -2.48. The molecule has 1 aromatic carbocycles. The van der Waals surface area contributed by atoms with Crippen molar-refractivity contribution in [2.75, 3.05) is 19.8 Å². The number of ether oxygens (including phenoxy) is 2. The molecule has 0 aliphatic carbocycles. The van der Waals surface area contributed by atoms with Crippen molar-refractivity contribution in [3.8, 4) is 0 Å². The first-order valence-corrected chi connectivity index (χ1v) is 11.5. The Kier molecular flexibility index (Phi) is 8.26. The van der Waals surface area contributed by atoms with Crippen LogP contribution in [0.5, 0.6) is 0 Å². The number of benzene rings is 1. The molecular weight excluding hydrogens is 412 g/mol. The standard InChI is InChI=1S/C24H34N2O6/c1-3-32-23(30)19(12-11-18-8-5-4-6-9-18)25-17(2)21(27)26-20(22(28)29)10-7-13-24(26)14-15-31-16-24/h4-6,8-9,17,19-20,25H,3,7,10-16H2,1-2H3,(H,28,29)/t17-,19?,20?,24?/m0/s1. The van der Waals surface area contributed by atoms with Crippen LogP contribution in [0.1, 0.15) is 51.5 Å². The number of rotatable bonds is 9. The van der Waals surface area contributed by atoms with Crippen LogP contribution in [0.25, 0.3) is 0 Å². The minimum Gasteiger partial charge on any atom is -0.480 e. The van der Waals surface area contributed by atoms with Gasteiger partial charge in [-0.05, 0) is 57.9 Å². The van der Waals surface area contributed by atoms with Crippen molar-refractivity contribution in [3.05, 3.63) is 35.9 Å². The molecule has 0 bridgehead atoms. The summed E-state index contributed by atoms with van der Waals surface area (Å²) in [5.74, 6) is -1.71. The summed E-state index contributed by atoms with van der Waals surface area (Å²) >= 11 is 0. The van der Waals surface area contributed by atoms with Crippen LogP contribution in [0.15, 0.2) is 30.3 Å². The minimum atomic E-state index is -0.998. The van der Waals surface area contributed by atoms with Crippen molar-refractivity contribution in [2.24, 2.45) is 0 Å². The molecule has 2 saturated heterocycles. The first-order valence-electron chi connectivity index (χ1n) is 11.5. The predicted molar refractivity (Wildman–Crippen MR) is 118 cm³/mol. The van der Waals surface area contributed by atoms with E-state index in [-0.39, 0.29) is 12.5 Å². The van der Waals surface area contributed by atoms with Crippen LogP contribution >= 0.6 is 0 Å². The van der Waals surface area contributed by atoms with Gasteiger partial charge in [0.25, 0.3) is 0 Å². The molecule has 176 valence electrons. The van der Waals surface area contributed by atoms with Crippen LogP contribution in [0.4, 0.5) is 0 Å². The molecule has 8 nitrogen and oxygen atoms in total. The van der Waals surface area contributed by atoms with Crippen LogP contribution in [0, 0.1) is 0 Å². The normalized spacial score (nSPS) is 24.8. The van der Waals surface area contributed by atoms with Crippen molar-refractivity contribution >= 4 is 17.8 Å². The van der Waals surface area contributed by atoms with Gasteiger partial charge in [0.05, 0.1) is 24.8 Å². The third-order valence-corrected chi connectivity index (χ3v) is 6.50. The molecule has 3 unspecified atom stereocenters. The Morgan fingerprint density at radius 1 is 1.28 bits per heavy atom. The van der Waals surface area contributed by atoms with E-state index in [4.69, 9.17) is 9.47 Å². The van der Waals surface area contributed by atoms with Gasteiger partial charge >= 0.3 is 11.9 Å². The van der Waals surface area contributed by atoms with Crippen LogP contribution in [-0.2, 0) is 30.3 Å². The first kappa shape index (κ1) is 24.2. The highest BCUT2D eigenvalue weighted by Gasteiger charge is 2.51. The molecule has 0 radical (unpaired) electrons. The van der Waals surface area contributed by atoms with Crippen molar-refractivity contribution in [2.45, 2.75) is 76.0 Å². The number of piperidine rings is 1. The molecule has 1 spiro atoms. The zero-order chi connectivity index (χ0) is 23.1. The fourth-order valence-electron chi connectivity index (χ4n) is 4.86. The van der Waals surface area contributed by atoms with Gasteiger partial charge in [0.1, 0.15) is 12.1 Å². The number of hydrogen-bond acceptors (Lipinski definition) is 6. The Morgan fingerprint density at radius 2 is 2.03 bits per heavy atom. The van der Waals surface area contributed by atoms with Crippen molar-refractivity contribution in [1.29, 1.82) is 0 Å². The maximum Gasteiger partial charge on any atom is 0.326 e. The topological polar surface area (TPSA) is 105 Å². The molecule has 3 rings (SSSR count). The van der Waals surface area contributed by atoms with Gasteiger partial charge < -0.3 is 19.5 Å². The number of nitrogens with one attached hydrogen (secondary N) is 1. The van der Waals surface area contributed by atoms with E-state index in [1.165, 1.54) is 4.90 Å². The number of aliphatic carboxylic acids is 1. The quantitative estimate of drug-likeness (QED) is 0.560. The summed E-state index contributed by atoms with van der Waals surface area (Å²) in [7, 11) is 0. The summed E-state index contributed by atoms with van der Waals surface area (Å²) < 4.78 is 10.8. The van der Waals surface area contributed by atoms with E-state index < -0.39 is 35.6 Å². The van der Waals surface area contributed by atoms with Gasteiger partial charge in [-0.2, -0.15) is 0 Å². The van der Waals surface area contributed by atoms with Gasteiger partial charge in [-0.15, -0.1) is 0 Å². The number of carboxylic acid groups (broad SMARTS) is 1. The molecule has 1 amide bonds. The number of aryl methyl sites for hydroxylation is 1. The second kappa shape index (κ2) is 10.9. The number of amides is 1. The fourth-order valence-corrected chi connectivity index (χ4v) is 4.86. The van der Waals surface area contributed by atoms with E-state index in [1.807, 2.05) is 30.3 Å². The molecule has 2 N–H and O–H groups in total. The summed E-state index contributed by atoms with van der Waals surface area (Å²) in [4.78, 5) is 39.7. The van der Waals surface area contributed by atoms with E-state index in [1.54, 1.807) is 13.8 Å². The Morgan fingerprint density at radius 3 is 2.66 bits per heavy atom. The molecule has 2 heterocycles. The molecule has 2 fully saturated rings. The maximum atomic E-state index is 13.6. The monoisotopic (exact) mass is 446 g/mol. The van der Waals surface area contributed by atoms with E-state index in [0.717, 1.165) is 18.4 Å². The summed E-state index contributed by atoms with van der Waals surface area (Å²) in [6, 6.07) is 7.52. The Hall–Kier alpha value is -2.45. The highest BCUT2D eigenvalue weighted by atomic mass is 16.5. The minimum absolute atomic E-state index is 0.248. The highest BCUT2D eigenvalue weighted by Crippen LogP contribution is 2.39. The second-order valence-electron chi connectivity index (χ2n) is 8.70. The van der Waals surface area contributed by atoms with Gasteiger partial charge in [-0.1, -0.05) is 30.3 Å². The van der Waals surface area contributed by atoms with Crippen molar-refractivity contribution in [3.63, 3.8) is 0 Å². The number of likely N-dealkylation sites (tertiary alicyclic amines) is 1. The van der Waals surface area contributed by atoms with Gasteiger partial charge in [0.2, 0.25) is 5.91 Å². The Bertz CT molecular complexity index is 793. The molecule has 1 aromatic rings. The molecule has 2 aliphatic rings. The average molecular weight is 447 g/mol. The van der Waals surface area contributed by atoms with Crippen LogP contribution in [0.2, 0.25) is 0 Å². The Balaban J connectivity index is 1.75. The Labute approximate surface area is 189 Å². The van der Waals surface area contributed by atoms with Gasteiger partial charge in [0, 0.05) is 6.61 Å². The molecule has 4 atom stereocenters. The average Bonchev–Trinajstić information content (AvgIpc) is 3.25. The zero-order valence-corrected chi connectivity index (χ0v) is 18.9. The lowest BCUT2D eigenvalue weighted by molar-refractivity contribution is -0.162. The SMILES string of the molecule is CCOC(=O)C(CCc1ccccc1)N[C@@H](C)C(=O)N1C(C(=O)O)CCCC12CCOC2. The van der Waals surface area contributed by atoms with Crippen LogP contribution < -0.4 is 5.32 Å². The van der Waals surface area contributed by atoms with E-state index >= 15 is 0 Å². The third-order valence-electron chi connectivity index (χ3n) is 6.50. The number of carboxylic acids is 1. The number of carbonyl (C=O) groups is 3. The number of carbonyl (C=O) groups excluding carboxylic acids is 2. The summed E-state index contributed by atoms with van der Waals surface area (Å²) in [5, 5.41) is 12.9. The van der Waals surface area contributed by atoms with Gasteiger partial charge in [-0.3, -0.25) is 14.9 Å². The molecule has 32 heavy (non-hydrogen) atoms. The smallest absolute Gasteiger partial charge is 0.326 e. The molecule has 0 aromatic heterocycles. The second-order valence-corrected chi connectivity index (χ2v) is 8.70. The number of esters is 1. The molecule has 8 heteroatoms. The van der Waals surface area contributed by atoms with E-state index in [2.05, 4.69) is 5.32 Å². The van der Waals surface area contributed by atoms with E-state index in [0.29, 0.717) is 38.9 Å². The van der Waals surface area contributed by atoms with Crippen molar-refractivity contribution < 1.29 is 29.0 Å². The molecule has 2 aliphatic heterocycles. The zero-order valence-electron chi connectivity index (χ0n) is 18.9. The van der Waals surface area contributed by atoms with Gasteiger partial charge in [-0.25, -0.2) is 4.79 Å². The summed E-state index contributed by atoms with van der Waals surface area (Å²) in [6.07, 6.45) is 3.64. The number of hydrogen-bond donors (Lipinski definition) is 2. The third kappa shape index (κ3) is 5.48. The first-order chi connectivity index (χ1) is 15.4. The highest BCUT2D eigenvalue weighted by molar-refractivity contribution is 5.88. The van der Waals surface area contributed by atoms with Crippen LogP contribution in [-0.4, -0.2) is 71.3 Å². The van der Waals surface area contributed by atoms with E-state index in [9.17, 15) is 19.5 Å². The van der Waals surface area contributed by atoms with Crippen molar-refractivity contribution in [1.82, 2.24) is 10.2 Å². The summed E-state index contributed by atoms with van der Waals surface area (Å²) in [6.45, 7) is 4.55. The fraction of sp³-hybridized carbons (Fsp3) is 0.625. The maximum absolute atomic E-state index is 13.6. The predicted octanol–water partition coefficient (Wildman–Crippen LogP) is 2.15. The molecular formula is C24H34N2O6. The van der Waals surface area contributed by atoms with Crippen LogP contribution in [0.3, 0.4) is 0 Å². The van der Waals surface area contributed by atoms with Gasteiger partial charge in [0.15, 0.2) is 0 Å².